The highest BCUT2D eigenvalue weighted by atomic mass is 15.3. The Morgan fingerprint density at radius 2 is 2.11 bits per heavy atom. The summed E-state index contributed by atoms with van der Waals surface area (Å²) >= 11 is 0. The van der Waals surface area contributed by atoms with Crippen molar-refractivity contribution in [1.29, 1.82) is 0 Å². The first-order chi connectivity index (χ1) is 8.73. The molecule has 0 radical (unpaired) electrons. The molecule has 2 rings (SSSR count). The minimum Gasteiger partial charge on any atom is -0.311 e. The monoisotopic (exact) mass is 249 g/mol. The third-order valence-electron chi connectivity index (χ3n) is 4.55. The Labute approximate surface area is 111 Å². The van der Waals surface area contributed by atoms with Gasteiger partial charge in [-0.15, -0.1) is 0 Å². The Kier molecular flexibility index (Phi) is 4.44. The molecular weight excluding hydrogens is 222 g/mol. The van der Waals surface area contributed by atoms with Gasteiger partial charge in [0.2, 0.25) is 0 Å². The molecule has 1 heterocycles. The van der Waals surface area contributed by atoms with Crippen molar-refractivity contribution >= 4 is 0 Å². The van der Waals surface area contributed by atoms with Crippen molar-refractivity contribution in [3.8, 4) is 0 Å². The summed E-state index contributed by atoms with van der Waals surface area (Å²) in [5, 5.41) is 8.24. The number of nitrogens with one attached hydrogen (secondary N) is 1. The highest BCUT2D eigenvalue weighted by Gasteiger charge is 2.34. The third kappa shape index (κ3) is 2.77. The van der Waals surface area contributed by atoms with Gasteiger partial charge in [0.05, 0.1) is 11.4 Å². The van der Waals surface area contributed by atoms with Crippen LogP contribution in [0.3, 0.4) is 0 Å². The minimum atomic E-state index is 0.602. The summed E-state index contributed by atoms with van der Waals surface area (Å²) in [4.78, 5) is 0. The van der Waals surface area contributed by atoms with Gasteiger partial charge in [-0.3, -0.25) is 4.68 Å². The lowest BCUT2D eigenvalue weighted by atomic mass is 9.67. The predicted octanol–water partition coefficient (Wildman–Crippen LogP) is 3.14. The molecule has 1 aromatic heterocycles. The van der Waals surface area contributed by atoms with Gasteiger partial charge < -0.3 is 5.32 Å². The van der Waals surface area contributed by atoms with E-state index in [9.17, 15) is 0 Å². The molecule has 18 heavy (non-hydrogen) atoms. The molecule has 0 saturated heterocycles. The second kappa shape index (κ2) is 5.87. The predicted molar refractivity (Wildman–Crippen MR) is 75.6 cm³/mol. The van der Waals surface area contributed by atoms with Crippen LogP contribution in [-0.4, -0.2) is 16.3 Å². The molecule has 1 aliphatic carbocycles. The Morgan fingerprint density at radius 1 is 1.33 bits per heavy atom. The molecule has 0 spiro atoms. The van der Waals surface area contributed by atoms with Gasteiger partial charge in [-0.1, -0.05) is 20.3 Å². The van der Waals surface area contributed by atoms with Crippen LogP contribution in [0.1, 0.15) is 57.8 Å². The standard InChI is InChI=1S/C15H27N3/c1-4-13-10-14(18(6-3)17-13)11-16-12-15(5-2)8-7-9-15/h10,16H,4-9,11-12H2,1-3H3. The van der Waals surface area contributed by atoms with Crippen LogP contribution in [0, 0.1) is 5.41 Å². The van der Waals surface area contributed by atoms with Crippen molar-refractivity contribution in [1.82, 2.24) is 15.1 Å². The molecule has 3 nitrogen and oxygen atoms in total. The lowest BCUT2D eigenvalue weighted by molar-refractivity contribution is 0.123. The molecule has 1 fully saturated rings. The quantitative estimate of drug-likeness (QED) is 0.804. The van der Waals surface area contributed by atoms with Gasteiger partial charge in [0.15, 0.2) is 0 Å². The molecule has 1 aromatic rings. The second-order valence-corrected chi connectivity index (χ2v) is 5.61. The molecule has 3 heteroatoms. The van der Waals surface area contributed by atoms with Crippen LogP contribution in [0.15, 0.2) is 6.07 Å². The fraction of sp³-hybridized carbons (Fsp3) is 0.800. The van der Waals surface area contributed by atoms with Crippen molar-refractivity contribution in [3.63, 3.8) is 0 Å². The molecule has 1 saturated carbocycles. The van der Waals surface area contributed by atoms with Crippen LogP contribution in [0.25, 0.3) is 0 Å². The topological polar surface area (TPSA) is 29.9 Å². The van der Waals surface area contributed by atoms with Gasteiger partial charge in [0.1, 0.15) is 0 Å². The summed E-state index contributed by atoms with van der Waals surface area (Å²) in [6.07, 6.45) is 6.57. The number of aryl methyl sites for hydroxylation is 2. The lowest BCUT2D eigenvalue weighted by Crippen LogP contribution is -2.39. The summed E-state index contributed by atoms with van der Waals surface area (Å²) in [5.74, 6) is 0. The zero-order chi connectivity index (χ0) is 13.0. The first-order valence-corrected chi connectivity index (χ1v) is 7.49. The van der Waals surface area contributed by atoms with Crippen molar-refractivity contribution in [3.05, 3.63) is 17.5 Å². The van der Waals surface area contributed by atoms with E-state index in [2.05, 4.69) is 41.9 Å². The van der Waals surface area contributed by atoms with E-state index < -0.39 is 0 Å². The zero-order valence-electron chi connectivity index (χ0n) is 12.1. The van der Waals surface area contributed by atoms with Gasteiger partial charge in [0, 0.05) is 19.6 Å². The molecule has 0 unspecified atom stereocenters. The molecule has 1 N–H and O–H groups in total. The summed E-state index contributed by atoms with van der Waals surface area (Å²) < 4.78 is 2.13. The van der Waals surface area contributed by atoms with Crippen LogP contribution >= 0.6 is 0 Å². The molecular formula is C15H27N3. The fourth-order valence-corrected chi connectivity index (χ4v) is 2.89. The summed E-state index contributed by atoms with van der Waals surface area (Å²) in [7, 11) is 0. The van der Waals surface area contributed by atoms with E-state index >= 15 is 0 Å². The van der Waals surface area contributed by atoms with E-state index in [1.807, 2.05) is 0 Å². The lowest BCUT2D eigenvalue weighted by Gasteiger charge is -2.41. The highest BCUT2D eigenvalue weighted by Crippen LogP contribution is 2.43. The first kappa shape index (κ1) is 13.6. The van der Waals surface area contributed by atoms with Crippen LogP contribution in [0.4, 0.5) is 0 Å². The van der Waals surface area contributed by atoms with Crippen molar-refractivity contribution < 1.29 is 0 Å². The Hall–Kier alpha value is -0.830. The van der Waals surface area contributed by atoms with Crippen LogP contribution in [0.2, 0.25) is 0 Å². The van der Waals surface area contributed by atoms with Crippen molar-refractivity contribution in [2.45, 2.75) is 66.0 Å². The number of hydrogen-bond acceptors (Lipinski definition) is 2. The van der Waals surface area contributed by atoms with Gasteiger partial charge in [0.25, 0.3) is 0 Å². The molecule has 102 valence electrons. The largest absolute Gasteiger partial charge is 0.311 e. The SMILES string of the molecule is CCc1cc(CNCC2(CC)CCC2)n(CC)n1. The van der Waals surface area contributed by atoms with Crippen molar-refractivity contribution in [2.75, 3.05) is 6.54 Å². The van der Waals surface area contributed by atoms with Gasteiger partial charge in [-0.05, 0) is 44.1 Å². The fourth-order valence-electron chi connectivity index (χ4n) is 2.89. The molecule has 0 atom stereocenters. The Morgan fingerprint density at radius 3 is 2.61 bits per heavy atom. The summed E-state index contributed by atoms with van der Waals surface area (Å²) in [6, 6.07) is 2.25. The number of nitrogens with zero attached hydrogens (tertiary/aromatic N) is 2. The Bertz CT molecular complexity index is 372. The molecule has 1 aliphatic rings. The van der Waals surface area contributed by atoms with Gasteiger partial charge in [-0.2, -0.15) is 5.10 Å². The van der Waals surface area contributed by atoms with Crippen LogP contribution in [-0.2, 0) is 19.5 Å². The maximum absolute atomic E-state index is 4.59. The average molecular weight is 249 g/mol. The highest BCUT2D eigenvalue weighted by molar-refractivity contribution is 5.10. The van der Waals surface area contributed by atoms with Crippen LogP contribution in [0.5, 0.6) is 0 Å². The molecule has 0 aliphatic heterocycles. The average Bonchev–Trinajstić information content (AvgIpc) is 2.75. The van der Waals surface area contributed by atoms with E-state index in [1.54, 1.807) is 0 Å². The minimum absolute atomic E-state index is 0.602. The normalized spacial score (nSPS) is 17.7. The number of rotatable bonds is 7. The van der Waals surface area contributed by atoms with E-state index in [1.165, 1.54) is 43.6 Å². The van der Waals surface area contributed by atoms with Crippen LogP contribution < -0.4 is 5.32 Å². The van der Waals surface area contributed by atoms with E-state index in [4.69, 9.17) is 0 Å². The number of aromatic nitrogens is 2. The Balaban J connectivity index is 1.87. The smallest absolute Gasteiger partial charge is 0.0625 e. The van der Waals surface area contributed by atoms with E-state index in [-0.39, 0.29) is 0 Å². The summed E-state index contributed by atoms with van der Waals surface area (Å²) in [5.41, 5.74) is 3.15. The maximum Gasteiger partial charge on any atom is 0.0625 e. The number of hydrogen-bond donors (Lipinski definition) is 1. The van der Waals surface area contributed by atoms with E-state index in [0.717, 1.165) is 19.5 Å². The maximum atomic E-state index is 4.59. The molecule has 0 aromatic carbocycles. The molecule has 0 amide bonds. The molecule has 0 bridgehead atoms. The van der Waals surface area contributed by atoms with Crippen molar-refractivity contribution in [2.24, 2.45) is 5.41 Å². The zero-order valence-corrected chi connectivity index (χ0v) is 12.1. The second-order valence-electron chi connectivity index (χ2n) is 5.61. The first-order valence-electron chi connectivity index (χ1n) is 7.49. The third-order valence-corrected chi connectivity index (χ3v) is 4.55. The van der Waals surface area contributed by atoms with E-state index in [0.29, 0.717) is 5.41 Å². The summed E-state index contributed by atoms with van der Waals surface area (Å²) in [6.45, 7) is 9.75. The van der Waals surface area contributed by atoms with Gasteiger partial charge >= 0.3 is 0 Å². The van der Waals surface area contributed by atoms with Gasteiger partial charge in [-0.25, -0.2) is 0 Å².